The molecule has 0 saturated carbocycles. The van der Waals surface area contributed by atoms with Gasteiger partial charge < -0.3 is 10.0 Å². The van der Waals surface area contributed by atoms with Crippen LogP contribution in [0.5, 0.6) is 0 Å². The zero-order valence-electron chi connectivity index (χ0n) is 16.5. The molecule has 2 aliphatic rings. The normalized spacial score (nSPS) is 22.1. The number of likely N-dealkylation sites (tertiary alicyclic amines) is 1. The number of piperidine rings is 2. The number of benzene rings is 2. The van der Waals surface area contributed by atoms with Crippen LogP contribution in [0, 0.1) is 11.8 Å². The average Bonchev–Trinajstić information content (AvgIpc) is 2.78. The molecule has 2 aliphatic heterocycles. The van der Waals surface area contributed by atoms with Crippen LogP contribution in [0.4, 0.5) is 0 Å². The van der Waals surface area contributed by atoms with Crippen molar-refractivity contribution in [2.75, 3.05) is 32.8 Å². The van der Waals surface area contributed by atoms with Gasteiger partial charge in [-0.1, -0.05) is 30.3 Å². The van der Waals surface area contributed by atoms with Crippen molar-refractivity contribution in [3.8, 4) is 0 Å². The number of amides is 1. The quantitative estimate of drug-likeness (QED) is 0.831. The first kappa shape index (κ1) is 20.3. The Balaban J connectivity index is 1.42. The average molecular weight is 417 g/mol. The van der Waals surface area contributed by atoms with Crippen molar-refractivity contribution in [3.05, 3.63) is 42.5 Å². The molecule has 0 radical (unpaired) electrons. The second-order valence-corrected chi connectivity index (χ2v) is 10.1. The van der Waals surface area contributed by atoms with Crippen molar-refractivity contribution in [2.24, 2.45) is 11.8 Å². The minimum absolute atomic E-state index is 0.117. The lowest BCUT2D eigenvalue weighted by atomic mass is 9.93. The van der Waals surface area contributed by atoms with Crippen LogP contribution in [0.15, 0.2) is 47.4 Å². The van der Waals surface area contributed by atoms with Crippen LogP contribution in [0.3, 0.4) is 0 Å². The van der Waals surface area contributed by atoms with Crippen LogP contribution in [0.25, 0.3) is 10.8 Å². The van der Waals surface area contributed by atoms with E-state index in [9.17, 15) is 18.3 Å². The zero-order valence-corrected chi connectivity index (χ0v) is 17.4. The summed E-state index contributed by atoms with van der Waals surface area (Å²) in [6.07, 6.45) is 2.98. The van der Waals surface area contributed by atoms with E-state index in [0.717, 1.165) is 30.2 Å². The van der Waals surface area contributed by atoms with E-state index in [-0.39, 0.29) is 24.3 Å². The number of rotatable bonds is 4. The summed E-state index contributed by atoms with van der Waals surface area (Å²) < 4.78 is 27.7. The van der Waals surface area contributed by atoms with Crippen LogP contribution >= 0.6 is 0 Å². The maximum Gasteiger partial charge on any atom is 0.243 e. The Morgan fingerprint density at radius 2 is 1.72 bits per heavy atom. The number of hydrogen-bond donors (Lipinski definition) is 1. The molecule has 0 aromatic heterocycles. The Hall–Kier alpha value is -1.96. The lowest BCUT2D eigenvalue weighted by Crippen LogP contribution is -2.47. The highest BCUT2D eigenvalue weighted by Gasteiger charge is 2.35. The smallest absolute Gasteiger partial charge is 0.243 e. The number of carbonyl (C=O) groups excluding carboxylic acids is 1. The van der Waals surface area contributed by atoms with Gasteiger partial charge in [-0.2, -0.15) is 4.31 Å². The maximum atomic E-state index is 13.1. The monoisotopic (exact) mass is 416 g/mol. The minimum atomic E-state index is -3.56. The van der Waals surface area contributed by atoms with Gasteiger partial charge in [-0.25, -0.2) is 8.42 Å². The third kappa shape index (κ3) is 4.17. The van der Waals surface area contributed by atoms with Gasteiger partial charge in [0, 0.05) is 38.7 Å². The topological polar surface area (TPSA) is 77.9 Å². The summed E-state index contributed by atoms with van der Waals surface area (Å²) in [6.45, 7) is 2.20. The number of hydrogen-bond acceptors (Lipinski definition) is 4. The number of fused-ring (bicyclic) bond motifs is 1. The van der Waals surface area contributed by atoms with E-state index in [1.54, 1.807) is 12.1 Å². The Kier molecular flexibility index (Phi) is 5.90. The van der Waals surface area contributed by atoms with Crippen LogP contribution < -0.4 is 0 Å². The summed E-state index contributed by atoms with van der Waals surface area (Å²) in [5.41, 5.74) is 0. The van der Waals surface area contributed by atoms with E-state index in [0.29, 0.717) is 37.4 Å². The molecule has 0 bridgehead atoms. The Morgan fingerprint density at radius 1 is 1.00 bits per heavy atom. The number of aliphatic hydroxyl groups is 1. The molecule has 1 amide bonds. The first-order chi connectivity index (χ1) is 14.0. The number of aliphatic hydroxyl groups excluding tert-OH is 1. The molecule has 2 aromatic carbocycles. The predicted molar refractivity (Wildman–Crippen MR) is 112 cm³/mol. The summed E-state index contributed by atoms with van der Waals surface area (Å²) in [5, 5.41) is 11.3. The molecule has 1 unspecified atom stereocenters. The lowest BCUT2D eigenvalue weighted by Gasteiger charge is -2.37. The molecule has 4 rings (SSSR count). The molecule has 29 heavy (non-hydrogen) atoms. The van der Waals surface area contributed by atoms with E-state index in [2.05, 4.69) is 0 Å². The van der Waals surface area contributed by atoms with Crippen LogP contribution in [0.2, 0.25) is 0 Å². The second-order valence-electron chi connectivity index (χ2n) is 8.16. The van der Waals surface area contributed by atoms with Gasteiger partial charge in [0.25, 0.3) is 0 Å². The molecule has 2 heterocycles. The van der Waals surface area contributed by atoms with Crippen molar-refractivity contribution >= 4 is 26.7 Å². The van der Waals surface area contributed by atoms with E-state index in [1.165, 1.54) is 4.31 Å². The zero-order chi connectivity index (χ0) is 20.4. The summed E-state index contributed by atoms with van der Waals surface area (Å²) in [6, 6.07) is 12.9. The Morgan fingerprint density at radius 3 is 2.45 bits per heavy atom. The van der Waals surface area contributed by atoms with Crippen molar-refractivity contribution in [3.63, 3.8) is 0 Å². The third-order valence-corrected chi connectivity index (χ3v) is 8.15. The molecule has 2 saturated heterocycles. The van der Waals surface area contributed by atoms with Crippen LogP contribution in [0.1, 0.15) is 25.7 Å². The number of nitrogens with zero attached hydrogens (tertiary/aromatic N) is 2. The SMILES string of the molecule is O=C(C1CCN(S(=O)(=O)c2ccc3ccccc3c2)CC1)N1CCCC(CO)C1. The highest BCUT2D eigenvalue weighted by atomic mass is 32.2. The fourth-order valence-electron chi connectivity index (χ4n) is 4.49. The van der Waals surface area contributed by atoms with Gasteiger partial charge in [0.15, 0.2) is 0 Å². The fraction of sp³-hybridized carbons (Fsp3) is 0.500. The van der Waals surface area contributed by atoms with Crippen molar-refractivity contribution in [2.45, 2.75) is 30.6 Å². The van der Waals surface area contributed by atoms with Crippen molar-refractivity contribution in [1.29, 1.82) is 0 Å². The van der Waals surface area contributed by atoms with Gasteiger partial charge >= 0.3 is 0 Å². The van der Waals surface area contributed by atoms with Gasteiger partial charge in [-0.3, -0.25) is 4.79 Å². The van der Waals surface area contributed by atoms with E-state index >= 15 is 0 Å². The van der Waals surface area contributed by atoms with Gasteiger partial charge in [-0.05, 0) is 54.5 Å². The summed E-state index contributed by atoms with van der Waals surface area (Å²) in [4.78, 5) is 15.0. The summed E-state index contributed by atoms with van der Waals surface area (Å²) >= 11 is 0. The molecular weight excluding hydrogens is 388 g/mol. The first-order valence-corrected chi connectivity index (χ1v) is 11.8. The van der Waals surface area contributed by atoms with E-state index in [4.69, 9.17) is 0 Å². The lowest BCUT2D eigenvalue weighted by molar-refractivity contribution is -0.138. The van der Waals surface area contributed by atoms with Crippen molar-refractivity contribution in [1.82, 2.24) is 9.21 Å². The van der Waals surface area contributed by atoms with Crippen LogP contribution in [-0.4, -0.2) is 61.4 Å². The predicted octanol–water partition coefficient (Wildman–Crippen LogP) is 2.47. The van der Waals surface area contributed by atoms with E-state index < -0.39 is 10.0 Å². The van der Waals surface area contributed by atoms with E-state index in [1.807, 2.05) is 35.2 Å². The number of carbonyl (C=O) groups is 1. The summed E-state index contributed by atoms with van der Waals surface area (Å²) in [5.74, 6) is 0.155. The minimum Gasteiger partial charge on any atom is -0.396 e. The summed E-state index contributed by atoms with van der Waals surface area (Å²) in [7, 11) is -3.56. The molecule has 1 N–H and O–H groups in total. The van der Waals surface area contributed by atoms with Gasteiger partial charge in [0.2, 0.25) is 15.9 Å². The Bertz CT molecular complexity index is 983. The number of sulfonamides is 1. The fourth-order valence-corrected chi connectivity index (χ4v) is 6.00. The molecule has 1 atom stereocenters. The first-order valence-electron chi connectivity index (χ1n) is 10.4. The van der Waals surface area contributed by atoms with Crippen LogP contribution in [-0.2, 0) is 14.8 Å². The largest absolute Gasteiger partial charge is 0.396 e. The molecule has 2 aromatic rings. The molecule has 0 spiro atoms. The molecule has 2 fully saturated rings. The van der Waals surface area contributed by atoms with Gasteiger partial charge in [0.1, 0.15) is 0 Å². The molecule has 7 heteroatoms. The highest BCUT2D eigenvalue weighted by molar-refractivity contribution is 7.89. The van der Waals surface area contributed by atoms with Crippen molar-refractivity contribution < 1.29 is 18.3 Å². The second kappa shape index (κ2) is 8.42. The molecule has 0 aliphatic carbocycles. The third-order valence-electron chi connectivity index (χ3n) is 6.25. The molecule has 156 valence electrons. The standard InChI is InChI=1S/C22H28N2O4S/c25-16-17-4-3-11-23(15-17)22(26)19-9-12-24(13-10-19)29(27,28)21-8-7-18-5-1-2-6-20(18)14-21/h1-2,5-8,14,17,19,25H,3-4,9-13,15-16H2. The van der Waals surface area contributed by atoms with Gasteiger partial charge in [-0.15, -0.1) is 0 Å². The maximum absolute atomic E-state index is 13.1. The molecule has 6 nitrogen and oxygen atoms in total. The molecular formula is C22H28N2O4S. The van der Waals surface area contributed by atoms with Gasteiger partial charge in [0.05, 0.1) is 4.90 Å². The highest BCUT2D eigenvalue weighted by Crippen LogP contribution is 2.28. The Labute approximate surface area is 172 Å².